The SMILES string of the molecule is O=C(Nc1ccc(OC(F)(F)C(F)F)cc1)N[C@](Cc1ccccc1)(c1cccc(OC(F)(F)C(F)F)c1)c1ccc(Cl)cn1. The number of ether oxygens (including phenoxy) is 2. The quantitative estimate of drug-likeness (QED) is 0.150. The van der Waals surface area contributed by atoms with Crippen LogP contribution in [-0.2, 0) is 12.0 Å². The molecular weight excluding hydrogens is 638 g/mol. The number of anilines is 1. The normalized spacial score (nSPS) is 13.3. The summed E-state index contributed by atoms with van der Waals surface area (Å²) in [5, 5.41) is 5.46. The predicted molar refractivity (Wildman–Crippen MR) is 148 cm³/mol. The van der Waals surface area contributed by atoms with E-state index < -0.39 is 48.1 Å². The van der Waals surface area contributed by atoms with Gasteiger partial charge in [-0.1, -0.05) is 54.1 Å². The van der Waals surface area contributed by atoms with Gasteiger partial charge in [-0.05, 0) is 59.7 Å². The largest absolute Gasteiger partial charge is 0.461 e. The molecule has 1 heterocycles. The Morgan fingerprint density at radius 2 is 1.40 bits per heavy atom. The van der Waals surface area contributed by atoms with E-state index in [-0.39, 0.29) is 28.4 Å². The number of pyridine rings is 1. The molecule has 3 aromatic carbocycles. The lowest BCUT2D eigenvalue weighted by molar-refractivity contribution is -0.253. The van der Waals surface area contributed by atoms with Gasteiger partial charge in [0.05, 0.1) is 10.7 Å². The van der Waals surface area contributed by atoms with E-state index in [1.165, 1.54) is 30.5 Å². The summed E-state index contributed by atoms with van der Waals surface area (Å²) in [5.74, 6) is -1.24. The second kappa shape index (κ2) is 13.6. The fraction of sp³-hybridized carbons (Fsp3) is 0.200. The van der Waals surface area contributed by atoms with Crippen molar-refractivity contribution in [2.24, 2.45) is 0 Å². The van der Waals surface area contributed by atoms with Crippen LogP contribution in [0.4, 0.5) is 45.6 Å². The molecule has 0 aliphatic heterocycles. The van der Waals surface area contributed by atoms with Gasteiger partial charge in [0, 0.05) is 18.3 Å². The van der Waals surface area contributed by atoms with Crippen molar-refractivity contribution in [1.29, 1.82) is 0 Å². The van der Waals surface area contributed by atoms with Crippen LogP contribution in [0.15, 0.2) is 97.2 Å². The Bertz CT molecular complexity index is 1580. The third-order valence-electron chi connectivity index (χ3n) is 6.26. The van der Waals surface area contributed by atoms with Crippen molar-refractivity contribution in [3.63, 3.8) is 0 Å². The van der Waals surface area contributed by atoms with Gasteiger partial charge in [-0.3, -0.25) is 4.98 Å². The Labute approximate surface area is 255 Å². The lowest BCUT2D eigenvalue weighted by atomic mass is 9.80. The fourth-order valence-electron chi connectivity index (χ4n) is 4.24. The molecule has 0 aliphatic carbocycles. The average Bonchev–Trinajstić information content (AvgIpc) is 2.98. The molecule has 0 saturated carbocycles. The summed E-state index contributed by atoms with van der Waals surface area (Å²) in [6.07, 6.45) is -16.6. The minimum atomic E-state index is -4.82. The van der Waals surface area contributed by atoms with Gasteiger partial charge < -0.3 is 20.1 Å². The van der Waals surface area contributed by atoms with Gasteiger partial charge in [-0.15, -0.1) is 0 Å². The molecule has 1 aromatic heterocycles. The maximum Gasteiger partial charge on any atom is 0.461 e. The van der Waals surface area contributed by atoms with Crippen LogP contribution in [0.1, 0.15) is 16.8 Å². The van der Waals surface area contributed by atoms with E-state index in [2.05, 4.69) is 25.1 Å². The molecule has 0 fully saturated rings. The zero-order valence-electron chi connectivity index (χ0n) is 22.7. The van der Waals surface area contributed by atoms with Crippen LogP contribution < -0.4 is 20.1 Å². The first kappa shape index (κ1) is 33.3. The van der Waals surface area contributed by atoms with Crippen molar-refractivity contribution in [3.05, 3.63) is 119 Å². The van der Waals surface area contributed by atoms with Gasteiger partial charge in [0.15, 0.2) is 0 Å². The summed E-state index contributed by atoms with van der Waals surface area (Å²) in [7, 11) is 0. The molecule has 4 rings (SSSR count). The van der Waals surface area contributed by atoms with E-state index >= 15 is 0 Å². The van der Waals surface area contributed by atoms with Gasteiger partial charge in [0.25, 0.3) is 0 Å². The van der Waals surface area contributed by atoms with Crippen molar-refractivity contribution >= 4 is 23.3 Å². The molecule has 1 atom stereocenters. The average molecular weight is 660 g/mol. The highest BCUT2D eigenvalue weighted by molar-refractivity contribution is 6.30. The minimum absolute atomic E-state index is 0.0200. The van der Waals surface area contributed by atoms with E-state index in [0.717, 1.165) is 36.4 Å². The Balaban J connectivity index is 1.74. The lowest BCUT2D eigenvalue weighted by Crippen LogP contribution is -2.50. The third-order valence-corrected chi connectivity index (χ3v) is 6.48. The van der Waals surface area contributed by atoms with Crippen LogP contribution in [0.5, 0.6) is 11.5 Å². The number of carbonyl (C=O) groups excluding carboxylic acids is 1. The molecule has 0 unspecified atom stereocenters. The van der Waals surface area contributed by atoms with E-state index in [4.69, 9.17) is 11.6 Å². The molecule has 238 valence electrons. The molecule has 15 heteroatoms. The number of urea groups is 1. The molecule has 4 aromatic rings. The number of hydrogen-bond acceptors (Lipinski definition) is 4. The molecule has 6 nitrogen and oxygen atoms in total. The van der Waals surface area contributed by atoms with Crippen molar-refractivity contribution in [2.75, 3.05) is 5.32 Å². The van der Waals surface area contributed by atoms with E-state index in [1.807, 2.05) is 0 Å². The van der Waals surface area contributed by atoms with Crippen molar-refractivity contribution in [3.8, 4) is 11.5 Å². The smallest absolute Gasteiger partial charge is 0.428 e. The summed E-state index contributed by atoms with van der Waals surface area (Å²) in [4.78, 5) is 17.8. The molecule has 0 saturated heterocycles. The summed E-state index contributed by atoms with van der Waals surface area (Å²) in [6.45, 7) is 0. The van der Waals surface area contributed by atoms with Crippen molar-refractivity contribution < 1.29 is 49.4 Å². The van der Waals surface area contributed by atoms with Crippen LogP contribution in [0.3, 0.4) is 0 Å². The molecule has 0 bridgehead atoms. The van der Waals surface area contributed by atoms with Crippen molar-refractivity contribution in [1.82, 2.24) is 10.3 Å². The molecule has 2 amide bonds. The summed E-state index contributed by atoms with van der Waals surface area (Å²) in [6, 6.07) is 19.4. The second-order valence-corrected chi connectivity index (χ2v) is 9.93. The Hall–Kier alpha value is -4.59. The Morgan fingerprint density at radius 3 is 1.98 bits per heavy atom. The number of nitrogens with one attached hydrogen (secondary N) is 2. The van der Waals surface area contributed by atoms with Gasteiger partial charge in [0.1, 0.15) is 17.0 Å². The highest BCUT2D eigenvalue weighted by Gasteiger charge is 2.45. The van der Waals surface area contributed by atoms with Crippen LogP contribution in [0.2, 0.25) is 5.02 Å². The molecule has 0 spiro atoms. The monoisotopic (exact) mass is 659 g/mol. The first-order chi connectivity index (χ1) is 21.2. The van der Waals surface area contributed by atoms with Crippen LogP contribution >= 0.6 is 11.6 Å². The third kappa shape index (κ3) is 8.32. The number of hydrogen-bond donors (Lipinski definition) is 2. The number of nitrogens with zero attached hydrogens (tertiary/aromatic N) is 1. The number of carbonyl (C=O) groups is 1. The highest BCUT2D eigenvalue weighted by atomic mass is 35.5. The second-order valence-electron chi connectivity index (χ2n) is 9.49. The van der Waals surface area contributed by atoms with Crippen LogP contribution in [0, 0.1) is 0 Å². The summed E-state index contributed by atoms with van der Waals surface area (Å²) >= 11 is 6.04. The Morgan fingerprint density at radius 1 is 0.778 bits per heavy atom. The number of benzene rings is 3. The first-order valence-corrected chi connectivity index (χ1v) is 13.2. The maximum atomic E-state index is 13.8. The number of halogens is 9. The molecule has 2 N–H and O–H groups in total. The molecule has 0 radical (unpaired) electrons. The van der Waals surface area contributed by atoms with Crippen LogP contribution in [-0.4, -0.2) is 36.1 Å². The zero-order valence-corrected chi connectivity index (χ0v) is 23.4. The van der Waals surface area contributed by atoms with Gasteiger partial charge >= 0.3 is 31.1 Å². The number of amides is 2. The van der Waals surface area contributed by atoms with E-state index in [9.17, 15) is 39.9 Å². The molecular formula is C30H22ClF8N3O3. The summed E-state index contributed by atoms with van der Waals surface area (Å²) < 4.78 is 113. The predicted octanol–water partition coefficient (Wildman–Crippen LogP) is 8.52. The first-order valence-electron chi connectivity index (χ1n) is 12.9. The lowest BCUT2D eigenvalue weighted by Gasteiger charge is -2.35. The summed E-state index contributed by atoms with van der Waals surface area (Å²) in [5.41, 5.74) is -0.789. The minimum Gasteiger partial charge on any atom is -0.428 e. The van der Waals surface area contributed by atoms with Gasteiger partial charge in [-0.25, -0.2) is 4.79 Å². The van der Waals surface area contributed by atoms with Crippen molar-refractivity contribution in [2.45, 2.75) is 37.0 Å². The highest BCUT2D eigenvalue weighted by Crippen LogP contribution is 2.37. The number of rotatable bonds is 12. The Kier molecular flexibility index (Phi) is 10.1. The van der Waals surface area contributed by atoms with Crippen LogP contribution in [0.25, 0.3) is 0 Å². The fourth-order valence-corrected chi connectivity index (χ4v) is 4.35. The van der Waals surface area contributed by atoms with E-state index in [0.29, 0.717) is 5.56 Å². The maximum absolute atomic E-state index is 13.8. The zero-order chi connectivity index (χ0) is 32.8. The van der Waals surface area contributed by atoms with Gasteiger partial charge in [-0.2, -0.15) is 35.1 Å². The van der Waals surface area contributed by atoms with E-state index in [1.54, 1.807) is 30.3 Å². The van der Waals surface area contributed by atoms with Gasteiger partial charge in [0.2, 0.25) is 0 Å². The topological polar surface area (TPSA) is 72.5 Å². The standard InChI is InChI=1S/C30H22ClF8N3O3/c31-20-9-14-24(40-17-20)28(16-18-5-2-1-3-6-18,19-7-4-8-23(15-19)45-30(38,39)26(34)35)42-27(43)41-21-10-12-22(13-11-21)44-29(36,37)25(32)33/h1-15,17,25-26H,16H2,(H2,41,42,43)/t28-/m1/s1. The molecule has 0 aliphatic rings. The molecule has 45 heavy (non-hydrogen) atoms. The number of aromatic nitrogens is 1. The number of alkyl halides is 8.